The zero-order chi connectivity index (χ0) is 16.2. The fraction of sp³-hybridized carbons (Fsp3) is 0. The Morgan fingerprint density at radius 1 is 0.783 bits per heavy atom. The van der Waals surface area contributed by atoms with Gasteiger partial charge in [0.15, 0.2) is 0 Å². The zero-order valence-corrected chi connectivity index (χ0v) is 13.5. The summed E-state index contributed by atoms with van der Waals surface area (Å²) in [5.74, 6) is -0.179. The van der Waals surface area contributed by atoms with Gasteiger partial charge in [-0.15, -0.1) is 0 Å². The SMILES string of the molecule is O=C(Oc1ccc(Cl)cc1Cl)c1ccc(-c2ccccc2)cc1. The van der Waals surface area contributed by atoms with Crippen LogP contribution in [0.4, 0.5) is 0 Å². The van der Waals surface area contributed by atoms with Gasteiger partial charge < -0.3 is 4.74 Å². The van der Waals surface area contributed by atoms with E-state index < -0.39 is 5.97 Å². The van der Waals surface area contributed by atoms with E-state index in [0.29, 0.717) is 15.6 Å². The van der Waals surface area contributed by atoms with Gasteiger partial charge in [0.25, 0.3) is 0 Å². The van der Waals surface area contributed by atoms with E-state index >= 15 is 0 Å². The van der Waals surface area contributed by atoms with E-state index in [1.165, 1.54) is 6.07 Å². The average Bonchev–Trinajstić information content (AvgIpc) is 2.58. The smallest absolute Gasteiger partial charge is 0.343 e. The van der Waals surface area contributed by atoms with E-state index in [0.717, 1.165) is 11.1 Å². The molecule has 0 aliphatic rings. The van der Waals surface area contributed by atoms with Gasteiger partial charge in [0.1, 0.15) is 5.75 Å². The molecule has 2 nitrogen and oxygen atoms in total. The number of hydrogen-bond acceptors (Lipinski definition) is 2. The Bertz CT molecular complexity index is 828. The second-order valence-corrected chi connectivity index (χ2v) is 5.75. The highest BCUT2D eigenvalue weighted by molar-refractivity contribution is 6.35. The molecule has 114 valence electrons. The van der Waals surface area contributed by atoms with Crippen LogP contribution >= 0.6 is 23.2 Å². The van der Waals surface area contributed by atoms with Gasteiger partial charge in [0.05, 0.1) is 10.6 Å². The molecule has 23 heavy (non-hydrogen) atoms. The lowest BCUT2D eigenvalue weighted by Crippen LogP contribution is -2.08. The molecule has 0 aromatic heterocycles. The van der Waals surface area contributed by atoms with Crippen molar-refractivity contribution in [3.05, 3.63) is 88.4 Å². The van der Waals surface area contributed by atoms with Gasteiger partial charge in [0, 0.05) is 5.02 Å². The fourth-order valence-electron chi connectivity index (χ4n) is 2.15. The number of halogens is 2. The monoisotopic (exact) mass is 342 g/mol. The van der Waals surface area contributed by atoms with Gasteiger partial charge in [-0.2, -0.15) is 0 Å². The van der Waals surface area contributed by atoms with Crippen molar-refractivity contribution in [2.45, 2.75) is 0 Å². The second kappa shape index (κ2) is 6.86. The average molecular weight is 343 g/mol. The molecule has 4 heteroatoms. The highest BCUT2D eigenvalue weighted by Gasteiger charge is 2.11. The molecule has 3 aromatic rings. The van der Waals surface area contributed by atoms with Crippen molar-refractivity contribution in [3.8, 4) is 16.9 Å². The molecule has 3 rings (SSSR count). The Balaban J connectivity index is 1.78. The Morgan fingerprint density at radius 3 is 2.09 bits per heavy atom. The molecular weight excluding hydrogens is 331 g/mol. The minimum atomic E-state index is -0.464. The molecule has 0 spiro atoms. The molecule has 0 bridgehead atoms. The number of benzene rings is 3. The Labute approximate surface area is 144 Å². The van der Waals surface area contributed by atoms with E-state index in [1.807, 2.05) is 42.5 Å². The molecule has 0 unspecified atom stereocenters. The fourth-order valence-corrected chi connectivity index (χ4v) is 2.59. The number of ether oxygens (including phenoxy) is 1. The molecule has 0 radical (unpaired) electrons. The van der Waals surface area contributed by atoms with Crippen LogP contribution in [0.15, 0.2) is 72.8 Å². The Morgan fingerprint density at radius 2 is 1.43 bits per heavy atom. The number of rotatable bonds is 3. The van der Waals surface area contributed by atoms with Crippen LogP contribution in [0.25, 0.3) is 11.1 Å². The molecule has 0 aliphatic heterocycles. The van der Waals surface area contributed by atoms with Crippen LogP contribution in [0.5, 0.6) is 5.75 Å². The third-order valence-electron chi connectivity index (χ3n) is 3.32. The Hall–Kier alpha value is -2.29. The molecular formula is C19H12Cl2O2. The molecule has 0 fully saturated rings. The molecule has 0 N–H and O–H groups in total. The number of carbonyl (C=O) groups is 1. The van der Waals surface area contributed by atoms with Crippen LogP contribution in [-0.4, -0.2) is 5.97 Å². The van der Waals surface area contributed by atoms with Crippen molar-refractivity contribution in [2.75, 3.05) is 0 Å². The number of carbonyl (C=O) groups excluding carboxylic acids is 1. The Kier molecular flexibility index (Phi) is 4.65. The maximum atomic E-state index is 12.2. The highest BCUT2D eigenvalue weighted by Crippen LogP contribution is 2.28. The second-order valence-electron chi connectivity index (χ2n) is 4.91. The van der Waals surface area contributed by atoms with Crippen molar-refractivity contribution < 1.29 is 9.53 Å². The third kappa shape index (κ3) is 3.73. The van der Waals surface area contributed by atoms with Gasteiger partial charge in [-0.1, -0.05) is 65.7 Å². The lowest BCUT2D eigenvalue weighted by Gasteiger charge is -2.07. The largest absolute Gasteiger partial charge is 0.421 e. The van der Waals surface area contributed by atoms with Gasteiger partial charge in [-0.05, 0) is 41.5 Å². The molecule has 0 saturated carbocycles. The lowest BCUT2D eigenvalue weighted by molar-refractivity contribution is 0.0735. The van der Waals surface area contributed by atoms with Gasteiger partial charge >= 0.3 is 5.97 Å². The molecule has 0 atom stereocenters. The summed E-state index contributed by atoms with van der Waals surface area (Å²) in [7, 11) is 0. The molecule has 0 aliphatic carbocycles. The number of esters is 1. The van der Waals surface area contributed by atoms with E-state index in [1.54, 1.807) is 24.3 Å². The third-order valence-corrected chi connectivity index (χ3v) is 3.85. The highest BCUT2D eigenvalue weighted by atomic mass is 35.5. The summed E-state index contributed by atoms with van der Waals surface area (Å²) in [6.45, 7) is 0. The molecule has 0 saturated heterocycles. The minimum Gasteiger partial charge on any atom is -0.421 e. The first kappa shape index (κ1) is 15.6. The van der Waals surface area contributed by atoms with Crippen molar-refractivity contribution in [3.63, 3.8) is 0 Å². The summed E-state index contributed by atoms with van der Waals surface area (Å²) in [4.78, 5) is 12.2. The maximum Gasteiger partial charge on any atom is 0.343 e. The van der Waals surface area contributed by atoms with E-state index in [4.69, 9.17) is 27.9 Å². The lowest BCUT2D eigenvalue weighted by atomic mass is 10.0. The van der Waals surface area contributed by atoms with Crippen molar-refractivity contribution in [1.82, 2.24) is 0 Å². The van der Waals surface area contributed by atoms with Crippen LogP contribution in [0.1, 0.15) is 10.4 Å². The first-order valence-corrected chi connectivity index (χ1v) is 7.72. The summed E-state index contributed by atoms with van der Waals surface area (Å²) in [6, 6.07) is 21.9. The number of hydrogen-bond donors (Lipinski definition) is 0. The normalized spacial score (nSPS) is 10.3. The summed E-state index contributed by atoms with van der Waals surface area (Å²) < 4.78 is 5.30. The first-order valence-electron chi connectivity index (χ1n) is 6.96. The van der Waals surface area contributed by atoms with E-state index in [2.05, 4.69) is 0 Å². The predicted molar refractivity (Wildman–Crippen MR) is 93.3 cm³/mol. The summed E-state index contributed by atoms with van der Waals surface area (Å²) >= 11 is 11.8. The van der Waals surface area contributed by atoms with Crippen LogP contribution in [0.3, 0.4) is 0 Å². The quantitative estimate of drug-likeness (QED) is 0.438. The van der Waals surface area contributed by atoms with Crippen molar-refractivity contribution >= 4 is 29.2 Å². The summed E-state index contributed by atoms with van der Waals surface area (Å²) in [5, 5.41) is 0.786. The standard InChI is InChI=1S/C19H12Cl2O2/c20-16-10-11-18(17(21)12-16)23-19(22)15-8-6-14(7-9-15)13-4-2-1-3-5-13/h1-12H. The molecule has 0 amide bonds. The van der Waals surface area contributed by atoms with Crippen LogP contribution in [0, 0.1) is 0 Å². The van der Waals surface area contributed by atoms with Gasteiger partial charge in [-0.25, -0.2) is 4.79 Å². The van der Waals surface area contributed by atoms with E-state index in [-0.39, 0.29) is 5.75 Å². The molecule has 0 heterocycles. The first-order chi connectivity index (χ1) is 11.1. The van der Waals surface area contributed by atoms with Crippen molar-refractivity contribution in [2.24, 2.45) is 0 Å². The topological polar surface area (TPSA) is 26.3 Å². The van der Waals surface area contributed by atoms with Gasteiger partial charge in [0.2, 0.25) is 0 Å². The van der Waals surface area contributed by atoms with Crippen LogP contribution < -0.4 is 4.74 Å². The summed E-state index contributed by atoms with van der Waals surface area (Å²) in [5.41, 5.74) is 2.58. The summed E-state index contributed by atoms with van der Waals surface area (Å²) in [6.07, 6.45) is 0. The van der Waals surface area contributed by atoms with Crippen LogP contribution in [0.2, 0.25) is 10.0 Å². The maximum absolute atomic E-state index is 12.2. The van der Waals surface area contributed by atoms with E-state index in [9.17, 15) is 4.79 Å². The molecule has 3 aromatic carbocycles. The predicted octanol–water partition coefficient (Wildman–Crippen LogP) is 5.88. The van der Waals surface area contributed by atoms with Crippen molar-refractivity contribution in [1.29, 1.82) is 0 Å². The zero-order valence-electron chi connectivity index (χ0n) is 12.0. The minimum absolute atomic E-state index is 0.285. The van der Waals surface area contributed by atoms with Crippen LogP contribution in [-0.2, 0) is 0 Å². The van der Waals surface area contributed by atoms with Gasteiger partial charge in [-0.3, -0.25) is 0 Å².